The number of nitrogens with zero attached hydrogens (tertiary/aromatic N) is 3. The number of halogens is 5. The Morgan fingerprint density at radius 1 is 1.11 bits per heavy atom. The number of hydrogen-bond acceptors (Lipinski definition) is 4. The van der Waals surface area contributed by atoms with Crippen LogP contribution in [0.1, 0.15) is 71.2 Å². The quantitative estimate of drug-likeness (QED) is 0.389. The smallest absolute Gasteiger partial charge is 0.433 e. The maximum absolute atomic E-state index is 13.0. The lowest BCUT2D eigenvalue weighted by molar-refractivity contribution is -0.141. The predicted octanol–water partition coefficient (Wildman–Crippen LogP) is 7.97. The summed E-state index contributed by atoms with van der Waals surface area (Å²) >= 11 is 11.9. The highest BCUT2D eigenvalue weighted by Gasteiger charge is 2.34. The molecule has 1 aliphatic rings. The van der Waals surface area contributed by atoms with Gasteiger partial charge in [0.25, 0.3) is 0 Å². The van der Waals surface area contributed by atoms with Crippen LogP contribution >= 0.6 is 23.2 Å². The first-order valence-electron chi connectivity index (χ1n) is 12.0. The number of nitriles is 1. The van der Waals surface area contributed by atoms with Gasteiger partial charge in [-0.2, -0.15) is 18.4 Å². The molecule has 0 N–H and O–H groups in total. The minimum atomic E-state index is -4.70. The first kappa shape index (κ1) is 33.5. The molecule has 3 rings (SSSR count). The van der Waals surface area contributed by atoms with Gasteiger partial charge in [0.05, 0.1) is 34.6 Å². The summed E-state index contributed by atoms with van der Waals surface area (Å²) < 4.78 is 44.6. The monoisotopic (exact) mass is 547 g/mol. The molecular formula is C26H34Cl2F3N3O2. The Kier molecular flexibility index (Phi) is 15.9. The van der Waals surface area contributed by atoms with E-state index in [0.29, 0.717) is 41.1 Å². The minimum absolute atomic E-state index is 0.115. The van der Waals surface area contributed by atoms with Crippen molar-refractivity contribution in [2.75, 3.05) is 13.1 Å². The molecular weight excluding hydrogens is 514 g/mol. The van der Waals surface area contributed by atoms with Crippen LogP contribution in [0.2, 0.25) is 10.0 Å². The Bertz CT molecular complexity index is 995. The Morgan fingerprint density at radius 2 is 1.75 bits per heavy atom. The zero-order valence-electron chi connectivity index (χ0n) is 21.5. The van der Waals surface area contributed by atoms with Crippen molar-refractivity contribution in [2.45, 2.75) is 73.1 Å². The second-order valence-electron chi connectivity index (χ2n) is 6.84. The van der Waals surface area contributed by atoms with Gasteiger partial charge >= 0.3 is 6.18 Å². The molecule has 5 nitrogen and oxygen atoms in total. The molecule has 200 valence electrons. The van der Waals surface area contributed by atoms with Crippen molar-refractivity contribution < 1.29 is 22.7 Å². The van der Waals surface area contributed by atoms with E-state index in [4.69, 9.17) is 33.2 Å². The molecule has 36 heavy (non-hydrogen) atoms. The number of piperidine rings is 1. The van der Waals surface area contributed by atoms with E-state index < -0.39 is 18.0 Å². The van der Waals surface area contributed by atoms with Crippen LogP contribution in [-0.4, -0.2) is 35.0 Å². The summed E-state index contributed by atoms with van der Waals surface area (Å²) in [6.45, 7) is 12.7. The molecule has 1 amide bonds. The predicted molar refractivity (Wildman–Crippen MR) is 138 cm³/mol. The number of ether oxygens (including phenoxy) is 1. The van der Waals surface area contributed by atoms with Crippen molar-refractivity contribution >= 4 is 29.1 Å². The fraction of sp³-hybridized carbons (Fsp3) is 0.500. The van der Waals surface area contributed by atoms with Gasteiger partial charge in [0.1, 0.15) is 11.8 Å². The Labute approximate surface area is 222 Å². The highest BCUT2D eigenvalue weighted by Crippen LogP contribution is 2.30. The maximum atomic E-state index is 13.0. The zero-order chi connectivity index (χ0) is 27.9. The topological polar surface area (TPSA) is 66.2 Å². The number of rotatable bonds is 4. The fourth-order valence-electron chi connectivity index (χ4n) is 3.14. The molecule has 0 saturated carbocycles. The molecule has 0 bridgehead atoms. The van der Waals surface area contributed by atoms with Crippen molar-refractivity contribution in [3.8, 4) is 11.9 Å². The lowest BCUT2D eigenvalue weighted by atomic mass is 10.1. The van der Waals surface area contributed by atoms with Gasteiger partial charge < -0.3 is 9.64 Å². The van der Waals surface area contributed by atoms with Gasteiger partial charge in [-0.3, -0.25) is 4.79 Å². The fourth-order valence-corrected chi connectivity index (χ4v) is 3.46. The number of carbonyl (C=O) groups excluding carboxylic acids is 1. The third kappa shape index (κ3) is 10.6. The normalized spacial score (nSPS) is 14.5. The number of amides is 1. The second kappa shape index (κ2) is 17.0. The Hall–Kier alpha value is -2.50. The maximum Gasteiger partial charge on any atom is 0.433 e. The molecule has 10 heteroatoms. The largest absolute Gasteiger partial charge is 0.472 e. The highest BCUT2D eigenvalue weighted by molar-refractivity contribution is 6.42. The number of aromatic nitrogens is 1. The van der Waals surface area contributed by atoms with Gasteiger partial charge in [-0.05, 0) is 36.6 Å². The number of benzene rings is 1. The molecule has 1 aliphatic heterocycles. The molecule has 0 radical (unpaired) electrons. The lowest BCUT2D eigenvalue weighted by Gasteiger charge is -2.33. The van der Waals surface area contributed by atoms with E-state index in [9.17, 15) is 18.0 Å². The van der Waals surface area contributed by atoms with Crippen LogP contribution in [0.4, 0.5) is 13.2 Å². The standard InChI is InChI=1S/C20H16Cl2F3N3O2.3C2H6/c21-15-4-3-12(6-16(15)22)9-19(29)28-5-1-2-14(11-28)30-18-8-13(10-26)7-17(27-18)20(23,24)25;3*1-2/h3-4,6-8,14H,1-2,5,9,11H2;3*1-2H3. The second-order valence-corrected chi connectivity index (χ2v) is 7.65. The molecule has 1 fully saturated rings. The molecule has 2 aromatic rings. The number of carbonyl (C=O) groups is 1. The van der Waals surface area contributed by atoms with E-state index >= 15 is 0 Å². The van der Waals surface area contributed by atoms with Crippen LogP contribution in [0.3, 0.4) is 0 Å². The van der Waals surface area contributed by atoms with Crippen LogP contribution in [0, 0.1) is 11.3 Å². The van der Waals surface area contributed by atoms with Gasteiger partial charge in [0.2, 0.25) is 11.8 Å². The summed E-state index contributed by atoms with van der Waals surface area (Å²) in [4.78, 5) is 17.7. The molecule has 2 heterocycles. The summed E-state index contributed by atoms with van der Waals surface area (Å²) in [7, 11) is 0. The van der Waals surface area contributed by atoms with E-state index in [-0.39, 0.29) is 30.3 Å². The van der Waals surface area contributed by atoms with E-state index in [1.54, 1.807) is 29.2 Å². The van der Waals surface area contributed by atoms with Crippen molar-refractivity contribution in [3.63, 3.8) is 0 Å². The first-order valence-corrected chi connectivity index (χ1v) is 12.8. The minimum Gasteiger partial charge on any atom is -0.472 e. The highest BCUT2D eigenvalue weighted by atomic mass is 35.5. The third-order valence-corrected chi connectivity index (χ3v) is 5.32. The SMILES string of the molecule is CC.CC.CC.N#Cc1cc(OC2CCCN(C(=O)Cc3ccc(Cl)c(Cl)c3)C2)nc(C(F)(F)F)c1. The van der Waals surface area contributed by atoms with Crippen LogP contribution in [0.5, 0.6) is 5.88 Å². The Balaban J connectivity index is 0.00000190. The molecule has 1 saturated heterocycles. The summed E-state index contributed by atoms with van der Waals surface area (Å²) in [5.41, 5.74) is -0.689. The van der Waals surface area contributed by atoms with Crippen molar-refractivity contribution in [3.05, 3.63) is 57.2 Å². The molecule has 0 aliphatic carbocycles. The van der Waals surface area contributed by atoms with Crippen molar-refractivity contribution in [1.29, 1.82) is 5.26 Å². The van der Waals surface area contributed by atoms with Gasteiger partial charge in [-0.1, -0.05) is 70.8 Å². The van der Waals surface area contributed by atoms with Gasteiger partial charge in [-0.15, -0.1) is 0 Å². The third-order valence-electron chi connectivity index (χ3n) is 4.58. The zero-order valence-corrected chi connectivity index (χ0v) is 23.1. The van der Waals surface area contributed by atoms with E-state index in [1.165, 1.54) is 0 Å². The van der Waals surface area contributed by atoms with Gasteiger partial charge in [-0.25, -0.2) is 4.98 Å². The first-order chi connectivity index (χ1) is 17.2. The van der Waals surface area contributed by atoms with Crippen LogP contribution in [-0.2, 0) is 17.4 Å². The number of alkyl halides is 3. The van der Waals surface area contributed by atoms with Crippen LogP contribution < -0.4 is 4.74 Å². The average Bonchev–Trinajstić information content (AvgIpc) is 2.89. The number of likely N-dealkylation sites (tertiary alicyclic amines) is 1. The summed E-state index contributed by atoms with van der Waals surface area (Å²) in [5, 5.41) is 9.72. The lowest BCUT2D eigenvalue weighted by Crippen LogP contribution is -2.45. The molecule has 0 spiro atoms. The molecule has 1 aromatic carbocycles. The molecule has 1 atom stereocenters. The van der Waals surface area contributed by atoms with Crippen molar-refractivity contribution in [1.82, 2.24) is 9.88 Å². The van der Waals surface area contributed by atoms with Gasteiger partial charge in [0.15, 0.2) is 0 Å². The van der Waals surface area contributed by atoms with Crippen LogP contribution in [0.25, 0.3) is 0 Å². The van der Waals surface area contributed by atoms with Crippen LogP contribution in [0.15, 0.2) is 30.3 Å². The summed E-state index contributed by atoms with van der Waals surface area (Å²) in [6.07, 6.45) is -3.93. The van der Waals surface area contributed by atoms with Gasteiger partial charge in [0, 0.05) is 12.6 Å². The Morgan fingerprint density at radius 3 is 2.31 bits per heavy atom. The summed E-state index contributed by atoms with van der Waals surface area (Å²) in [5.74, 6) is -0.443. The van der Waals surface area contributed by atoms with E-state index in [2.05, 4.69) is 4.98 Å². The molecule has 1 unspecified atom stereocenters. The average molecular weight is 548 g/mol. The van der Waals surface area contributed by atoms with E-state index in [0.717, 1.165) is 6.07 Å². The summed E-state index contributed by atoms with van der Waals surface area (Å²) in [6, 6.07) is 8.44. The number of hydrogen-bond donors (Lipinski definition) is 0. The molecule has 1 aromatic heterocycles. The van der Waals surface area contributed by atoms with E-state index in [1.807, 2.05) is 41.5 Å². The number of pyridine rings is 1. The van der Waals surface area contributed by atoms with Crippen molar-refractivity contribution in [2.24, 2.45) is 0 Å².